The molecule has 7 nitrogen and oxygen atoms in total. The van der Waals surface area contributed by atoms with Gasteiger partial charge in [-0.2, -0.15) is 4.98 Å². The molecule has 1 fully saturated rings. The summed E-state index contributed by atoms with van der Waals surface area (Å²) in [6.45, 7) is 1.88. The van der Waals surface area contributed by atoms with Crippen molar-refractivity contribution in [3.8, 4) is 0 Å². The molecule has 1 aliphatic rings. The molecule has 0 amide bonds. The normalized spacial score (nSPS) is 17.9. The first-order chi connectivity index (χ1) is 10.2. The van der Waals surface area contributed by atoms with Crippen LogP contribution in [0.25, 0.3) is 0 Å². The van der Waals surface area contributed by atoms with Crippen molar-refractivity contribution in [3.05, 3.63) is 35.0 Å². The van der Waals surface area contributed by atoms with E-state index in [9.17, 15) is 0 Å². The van der Waals surface area contributed by atoms with E-state index in [0.29, 0.717) is 29.8 Å². The average molecular weight is 307 g/mol. The van der Waals surface area contributed by atoms with Crippen molar-refractivity contribution >= 4 is 23.4 Å². The molecular weight excluding hydrogens is 292 g/mol. The monoisotopic (exact) mass is 306 g/mol. The van der Waals surface area contributed by atoms with E-state index in [2.05, 4.69) is 25.3 Å². The largest absolute Gasteiger partial charge is 0.381 e. The van der Waals surface area contributed by atoms with Gasteiger partial charge in [0.2, 0.25) is 5.95 Å². The van der Waals surface area contributed by atoms with Crippen LogP contribution in [0.5, 0.6) is 0 Å². The van der Waals surface area contributed by atoms with Gasteiger partial charge >= 0.3 is 0 Å². The molecule has 0 spiro atoms. The molecule has 0 aromatic carbocycles. The summed E-state index contributed by atoms with van der Waals surface area (Å²) in [5.74, 6) is 1.81. The van der Waals surface area contributed by atoms with E-state index < -0.39 is 0 Å². The highest BCUT2D eigenvalue weighted by Gasteiger charge is 2.20. The number of hydrogen-bond donors (Lipinski definition) is 2. The standard InChI is InChI=1S/C13H15ClN6O/c14-9-4-16-12(17-5-9)6-18-11-3-10(19-13(15)20-11)8-1-2-21-7-8/h3-5,8H,1-2,6-7H2,(H3,15,18,19,20). The summed E-state index contributed by atoms with van der Waals surface area (Å²) in [5, 5.41) is 3.65. The summed E-state index contributed by atoms with van der Waals surface area (Å²) >= 11 is 5.75. The Balaban J connectivity index is 1.71. The van der Waals surface area contributed by atoms with Crippen molar-refractivity contribution in [2.45, 2.75) is 18.9 Å². The van der Waals surface area contributed by atoms with E-state index in [1.807, 2.05) is 6.07 Å². The van der Waals surface area contributed by atoms with Gasteiger partial charge in [-0.25, -0.2) is 15.0 Å². The van der Waals surface area contributed by atoms with Crippen LogP contribution in [0.2, 0.25) is 5.02 Å². The van der Waals surface area contributed by atoms with Crippen LogP contribution in [0.1, 0.15) is 23.9 Å². The second-order valence-electron chi connectivity index (χ2n) is 4.77. The van der Waals surface area contributed by atoms with Crippen LogP contribution in [0, 0.1) is 0 Å². The van der Waals surface area contributed by atoms with Gasteiger partial charge in [-0.1, -0.05) is 11.6 Å². The lowest BCUT2D eigenvalue weighted by Gasteiger charge is -2.11. The van der Waals surface area contributed by atoms with Crippen molar-refractivity contribution in [2.24, 2.45) is 0 Å². The summed E-state index contributed by atoms with van der Waals surface area (Å²) in [5.41, 5.74) is 6.67. The second-order valence-corrected chi connectivity index (χ2v) is 5.20. The van der Waals surface area contributed by atoms with Crippen LogP contribution in [0.15, 0.2) is 18.5 Å². The molecule has 1 atom stereocenters. The lowest BCUT2D eigenvalue weighted by molar-refractivity contribution is 0.193. The lowest BCUT2D eigenvalue weighted by atomic mass is 10.0. The third kappa shape index (κ3) is 3.56. The predicted molar refractivity (Wildman–Crippen MR) is 79.0 cm³/mol. The van der Waals surface area contributed by atoms with Gasteiger partial charge in [0, 0.05) is 31.0 Å². The molecule has 0 aliphatic carbocycles. The Labute approximate surface area is 126 Å². The first-order valence-electron chi connectivity index (χ1n) is 6.63. The summed E-state index contributed by atoms with van der Waals surface area (Å²) in [7, 11) is 0. The Morgan fingerprint density at radius 2 is 2.14 bits per heavy atom. The van der Waals surface area contributed by atoms with Gasteiger partial charge < -0.3 is 15.8 Å². The molecule has 0 bridgehead atoms. The molecule has 3 N–H and O–H groups in total. The first-order valence-corrected chi connectivity index (χ1v) is 7.01. The fourth-order valence-electron chi connectivity index (χ4n) is 2.15. The number of aromatic nitrogens is 4. The van der Waals surface area contributed by atoms with Crippen LogP contribution >= 0.6 is 11.6 Å². The number of halogens is 1. The quantitative estimate of drug-likeness (QED) is 0.885. The van der Waals surface area contributed by atoms with Gasteiger partial charge in [-0.3, -0.25) is 0 Å². The highest BCUT2D eigenvalue weighted by Crippen LogP contribution is 2.25. The van der Waals surface area contributed by atoms with Crippen molar-refractivity contribution < 1.29 is 4.74 Å². The molecule has 2 aromatic rings. The maximum absolute atomic E-state index is 5.76. The lowest BCUT2D eigenvalue weighted by Crippen LogP contribution is -2.10. The van der Waals surface area contributed by atoms with Crippen molar-refractivity contribution in [3.63, 3.8) is 0 Å². The molecule has 110 valence electrons. The molecule has 1 aliphatic heterocycles. The van der Waals surface area contributed by atoms with Crippen molar-refractivity contribution in [1.29, 1.82) is 0 Å². The third-order valence-corrected chi connectivity index (χ3v) is 3.41. The van der Waals surface area contributed by atoms with Gasteiger partial charge in [0.05, 0.1) is 23.9 Å². The molecule has 0 radical (unpaired) electrons. The minimum absolute atomic E-state index is 0.249. The molecule has 1 unspecified atom stereocenters. The van der Waals surface area contributed by atoms with E-state index in [4.69, 9.17) is 22.1 Å². The zero-order valence-corrected chi connectivity index (χ0v) is 12.0. The number of nitrogens with two attached hydrogens (primary N) is 1. The smallest absolute Gasteiger partial charge is 0.222 e. The Hall–Kier alpha value is -1.99. The number of anilines is 2. The van der Waals surface area contributed by atoms with Gasteiger partial charge in [0.15, 0.2) is 0 Å². The number of hydrogen-bond acceptors (Lipinski definition) is 7. The van der Waals surface area contributed by atoms with E-state index in [1.165, 1.54) is 0 Å². The van der Waals surface area contributed by atoms with Crippen molar-refractivity contribution in [1.82, 2.24) is 19.9 Å². The number of ether oxygens (including phenoxy) is 1. The topological polar surface area (TPSA) is 98.8 Å². The maximum Gasteiger partial charge on any atom is 0.222 e. The molecule has 3 rings (SSSR count). The summed E-state index contributed by atoms with van der Waals surface area (Å²) in [6, 6.07) is 1.89. The van der Waals surface area contributed by atoms with Crippen LogP contribution in [-0.2, 0) is 11.3 Å². The molecular formula is C13H15ClN6O. The van der Waals surface area contributed by atoms with E-state index in [-0.39, 0.29) is 11.9 Å². The van der Waals surface area contributed by atoms with Crippen LogP contribution in [-0.4, -0.2) is 33.1 Å². The summed E-state index contributed by atoms with van der Waals surface area (Å²) < 4.78 is 5.38. The molecule has 1 saturated heterocycles. The van der Waals surface area contributed by atoms with Crippen LogP contribution < -0.4 is 11.1 Å². The zero-order valence-electron chi connectivity index (χ0n) is 11.3. The third-order valence-electron chi connectivity index (χ3n) is 3.21. The van der Waals surface area contributed by atoms with Crippen LogP contribution in [0.4, 0.5) is 11.8 Å². The average Bonchev–Trinajstić information content (AvgIpc) is 3.00. The van der Waals surface area contributed by atoms with Crippen molar-refractivity contribution in [2.75, 3.05) is 24.3 Å². The van der Waals surface area contributed by atoms with Crippen LogP contribution in [0.3, 0.4) is 0 Å². The van der Waals surface area contributed by atoms with Gasteiger partial charge in [0.1, 0.15) is 11.6 Å². The SMILES string of the molecule is Nc1nc(NCc2ncc(Cl)cn2)cc(C2CCOC2)n1. The molecule has 8 heteroatoms. The fourth-order valence-corrected chi connectivity index (χ4v) is 2.25. The Kier molecular flexibility index (Phi) is 4.12. The molecule has 0 saturated carbocycles. The minimum Gasteiger partial charge on any atom is -0.381 e. The molecule has 21 heavy (non-hydrogen) atoms. The fraction of sp³-hybridized carbons (Fsp3) is 0.385. The van der Waals surface area contributed by atoms with Gasteiger partial charge in [-0.15, -0.1) is 0 Å². The van der Waals surface area contributed by atoms with E-state index in [0.717, 1.165) is 18.7 Å². The number of nitrogen functional groups attached to an aromatic ring is 1. The van der Waals surface area contributed by atoms with E-state index >= 15 is 0 Å². The Morgan fingerprint density at radius 3 is 2.86 bits per heavy atom. The Bertz CT molecular complexity index is 615. The van der Waals surface area contributed by atoms with Gasteiger partial charge in [-0.05, 0) is 6.42 Å². The summed E-state index contributed by atoms with van der Waals surface area (Å²) in [6.07, 6.45) is 4.07. The van der Waals surface area contributed by atoms with Gasteiger partial charge in [0.25, 0.3) is 0 Å². The highest BCUT2D eigenvalue weighted by atomic mass is 35.5. The number of nitrogens with zero attached hydrogens (tertiary/aromatic N) is 4. The molecule has 2 aromatic heterocycles. The highest BCUT2D eigenvalue weighted by molar-refractivity contribution is 6.30. The zero-order chi connectivity index (χ0) is 14.7. The van der Waals surface area contributed by atoms with E-state index in [1.54, 1.807) is 12.4 Å². The first kappa shape index (κ1) is 14.0. The summed E-state index contributed by atoms with van der Waals surface area (Å²) in [4.78, 5) is 16.7. The Morgan fingerprint density at radius 1 is 1.33 bits per heavy atom. The molecule has 3 heterocycles. The minimum atomic E-state index is 0.249. The predicted octanol–water partition coefficient (Wildman–Crippen LogP) is 1.62. The maximum atomic E-state index is 5.76. The second kappa shape index (κ2) is 6.19. The number of nitrogens with one attached hydrogen (secondary N) is 1. The number of rotatable bonds is 4.